The second-order valence-electron chi connectivity index (χ2n) is 8.51. The molecule has 2 saturated carbocycles. The van der Waals surface area contributed by atoms with Crippen molar-refractivity contribution in [2.24, 2.45) is 0 Å². The van der Waals surface area contributed by atoms with E-state index in [0.29, 0.717) is 12.0 Å². The SMILES string of the molecule is CC1(C)Cc2ccccc2CN1c1cc(C2CC2)nc(NC2CC2)n1. The number of nitrogens with one attached hydrogen (secondary N) is 1. The second kappa shape index (κ2) is 5.45. The zero-order valence-electron chi connectivity index (χ0n) is 15.1. The van der Waals surface area contributed by atoms with Gasteiger partial charge in [0.15, 0.2) is 0 Å². The Morgan fingerprint density at radius 1 is 1.04 bits per heavy atom. The predicted molar refractivity (Wildman–Crippen MR) is 101 cm³/mol. The van der Waals surface area contributed by atoms with Gasteiger partial charge in [0, 0.05) is 30.1 Å². The van der Waals surface area contributed by atoms with Crippen molar-refractivity contribution < 1.29 is 0 Å². The predicted octanol–water partition coefficient (Wildman–Crippen LogP) is 4.27. The van der Waals surface area contributed by atoms with Crippen LogP contribution in [0.1, 0.15) is 62.3 Å². The maximum atomic E-state index is 4.92. The van der Waals surface area contributed by atoms with Crippen LogP contribution in [0.25, 0.3) is 0 Å². The first-order valence-electron chi connectivity index (χ1n) is 9.58. The lowest BCUT2D eigenvalue weighted by atomic mass is 9.85. The van der Waals surface area contributed by atoms with Crippen molar-refractivity contribution in [2.75, 3.05) is 10.2 Å². The first-order chi connectivity index (χ1) is 12.1. The third kappa shape index (κ3) is 2.99. The molecule has 0 saturated heterocycles. The minimum absolute atomic E-state index is 0.0559. The maximum absolute atomic E-state index is 4.92. The number of hydrogen-bond acceptors (Lipinski definition) is 4. The molecule has 2 aromatic rings. The second-order valence-corrected chi connectivity index (χ2v) is 8.51. The molecular weight excluding hydrogens is 308 g/mol. The number of anilines is 2. The van der Waals surface area contributed by atoms with E-state index in [4.69, 9.17) is 9.97 Å². The Labute approximate surface area is 149 Å². The lowest BCUT2D eigenvalue weighted by Crippen LogP contribution is -2.49. The molecule has 1 N–H and O–H groups in total. The van der Waals surface area contributed by atoms with E-state index in [-0.39, 0.29) is 5.54 Å². The van der Waals surface area contributed by atoms with Gasteiger partial charge in [-0.05, 0) is 57.1 Å². The van der Waals surface area contributed by atoms with Crippen molar-refractivity contribution in [1.82, 2.24) is 9.97 Å². The van der Waals surface area contributed by atoms with Crippen LogP contribution in [0.2, 0.25) is 0 Å². The zero-order valence-corrected chi connectivity index (χ0v) is 15.1. The normalized spacial score (nSPS) is 21.8. The standard InChI is InChI=1S/C21H26N4/c1-21(2)12-15-5-3-4-6-16(15)13-25(21)19-11-18(14-7-8-14)23-20(24-19)22-17-9-10-17/h3-6,11,14,17H,7-10,12-13H2,1-2H3,(H,22,23,24). The number of nitrogens with zero attached hydrogens (tertiary/aromatic N) is 3. The fourth-order valence-electron chi connectivity index (χ4n) is 3.88. The van der Waals surface area contributed by atoms with E-state index in [0.717, 1.165) is 24.7 Å². The van der Waals surface area contributed by atoms with Gasteiger partial charge < -0.3 is 10.2 Å². The van der Waals surface area contributed by atoms with Gasteiger partial charge in [0.05, 0.1) is 5.69 Å². The number of benzene rings is 1. The zero-order chi connectivity index (χ0) is 17.0. The van der Waals surface area contributed by atoms with Gasteiger partial charge in [0.1, 0.15) is 5.82 Å². The molecule has 0 atom stereocenters. The summed E-state index contributed by atoms with van der Waals surface area (Å²) in [6.07, 6.45) is 6.08. The molecule has 0 bridgehead atoms. The number of hydrogen-bond donors (Lipinski definition) is 1. The Balaban J connectivity index is 1.53. The molecule has 2 heterocycles. The Hall–Kier alpha value is -2.10. The van der Waals surface area contributed by atoms with Gasteiger partial charge in [0.25, 0.3) is 0 Å². The van der Waals surface area contributed by atoms with E-state index in [1.807, 2.05) is 0 Å². The van der Waals surface area contributed by atoms with Crippen molar-refractivity contribution in [3.8, 4) is 0 Å². The fourth-order valence-corrected chi connectivity index (χ4v) is 3.88. The highest BCUT2D eigenvalue weighted by Crippen LogP contribution is 2.42. The average molecular weight is 334 g/mol. The van der Waals surface area contributed by atoms with Crippen LogP contribution in [0.4, 0.5) is 11.8 Å². The third-order valence-corrected chi connectivity index (χ3v) is 5.72. The first kappa shape index (κ1) is 15.2. The quantitative estimate of drug-likeness (QED) is 0.906. The fraction of sp³-hybridized carbons (Fsp3) is 0.524. The molecule has 1 aliphatic heterocycles. The van der Waals surface area contributed by atoms with Crippen molar-refractivity contribution in [1.29, 1.82) is 0 Å². The van der Waals surface area contributed by atoms with Gasteiger partial charge in [-0.3, -0.25) is 0 Å². The van der Waals surface area contributed by atoms with Crippen molar-refractivity contribution in [2.45, 2.75) is 70.0 Å². The van der Waals surface area contributed by atoms with Gasteiger partial charge in [-0.15, -0.1) is 0 Å². The topological polar surface area (TPSA) is 41.1 Å². The van der Waals surface area contributed by atoms with Crippen LogP contribution >= 0.6 is 0 Å². The van der Waals surface area contributed by atoms with E-state index in [9.17, 15) is 0 Å². The molecule has 5 rings (SSSR count). The summed E-state index contributed by atoms with van der Waals surface area (Å²) in [4.78, 5) is 12.2. The van der Waals surface area contributed by atoms with Crippen molar-refractivity contribution in [3.05, 3.63) is 47.2 Å². The molecule has 4 nitrogen and oxygen atoms in total. The summed E-state index contributed by atoms with van der Waals surface area (Å²) in [5.41, 5.74) is 4.17. The van der Waals surface area contributed by atoms with Crippen LogP contribution in [0.15, 0.2) is 30.3 Å². The molecule has 0 radical (unpaired) electrons. The Morgan fingerprint density at radius 3 is 2.52 bits per heavy atom. The minimum atomic E-state index is 0.0559. The summed E-state index contributed by atoms with van der Waals surface area (Å²) in [6, 6.07) is 11.6. The third-order valence-electron chi connectivity index (χ3n) is 5.72. The molecular formula is C21H26N4. The van der Waals surface area contributed by atoms with Crippen LogP contribution < -0.4 is 10.2 Å². The summed E-state index contributed by atoms with van der Waals surface area (Å²) < 4.78 is 0. The molecule has 2 fully saturated rings. The number of aromatic nitrogens is 2. The largest absolute Gasteiger partial charge is 0.351 e. The Morgan fingerprint density at radius 2 is 1.80 bits per heavy atom. The molecule has 3 aliphatic rings. The minimum Gasteiger partial charge on any atom is -0.351 e. The molecule has 0 spiro atoms. The van der Waals surface area contributed by atoms with E-state index in [2.05, 4.69) is 54.4 Å². The lowest BCUT2D eigenvalue weighted by molar-refractivity contribution is 0.427. The molecule has 1 aromatic carbocycles. The molecule has 2 aliphatic carbocycles. The van der Waals surface area contributed by atoms with Crippen LogP contribution in [0.3, 0.4) is 0 Å². The molecule has 0 unspecified atom stereocenters. The van der Waals surface area contributed by atoms with Crippen molar-refractivity contribution in [3.63, 3.8) is 0 Å². The first-order valence-corrected chi connectivity index (χ1v) is 9.58. The number of fused-ring (bicyclic) bond motifs is 1. The summed E-state index contributed by atoms with van der Waals surface area (Å²) in [7, 11) is 0. The monoisotopic (exact) mass is 334 g/mol. The van der Waals surface area contributed by atoms with E-state index < -0.39 is 0 Å². The highest BCUT2D eigenvalue weighted by Gasteiger charge is 2.35. The van der Waals surface area contributed by atoms with Crippen LogP contribution in [-0.2, 0) is 13.0 Å². The summed E-state index contributed by atoms with van der Waals surface area (Å²) in [5, 5.41) is 3.52. The molecule has 1 aromatic heterocycles. The molecule has 25 heavy (non-hydrogen) atoms. The summed E-state index contributed by atoms with van der Waals surface area (Å²) in [5.74, 6) is 2.55. The van der Waals surface area contributed by atoms with Crippen LogP contribution in [0.5, 0.6) is 0 Å². The smallest absolute Gasteiger partial charge is 0.225 e. The van der Waals surface area contributed by atoms with Gasteiger partial charge >= 0.3 is 0 Å². The maximum Gasteiger partial charge on any atom is 0.225 e. The van der Waals surface area contributed by atoms with Gasteiger partial charge in [0.2, 0.25) is 5.95 Å². The van der Waals surface area contributed by atoms with Crippen molar-refractivity contribution >= 4 is 11.8 Å². The number of rotatable bonds is 4. The van der Waals surface area contributed by atoms with Crippen LogP contribution in [0, 0.1) is 0 Å². The van der Waals surface area contributed by atoms with E-state index >= 15 is 0 Å². The lowest BCUT2D eigenvalue weighted by Gasteiger charge is -2.44. The Bertz CT molecular complexity index is 805. The summed E-state index contributed by atoms with van der Waals surface area (Å²) >= 11 is 0. The summed E-state index contributed by atoms with van der Waals surface area (Å²) in [6.45, 7) is 5.58. The van der Waals surface area contributed by atoms with E-state index in [1.54, 1.807) is 0 Å². The molecule has 130 valence electrons. The molecule has 0 amide bonds. The Kier molecular flexibility index (Phi) is 3.31. The highest BCUT2D eigenvalue weighted by molar-refractivity contribution is 5.52. The van der Waals surface area contributed by atoms with Gasteiger partial charge in [-0.25, -0.2) is 4.98 Å². The highest BCUT2D eigenvalue weighted by atomic mass is 15.3. The molecule has 4 heteroatoms. The average Bonchev–Trinajstić information content (AvgIpc) is 3.46. The van der Waals surface area contributed by atoms with Crippen LogP contribution in [-0.4, -0.2) is 21.5 Å². The van der Waals surface area contributed by atoms with Gasteiger partial charge in [-0.1, -0.05) is 24.3 Å². The van der Waals surface area contributed by atoms with Gasteiger partial charge in [-0.2, -0.15) is 4.98 Å². The van der Waals surface area contributed by atoms with E-state index in [1.165, 1.54) is 42.5 Å².